The minimum atomic E-state index is -0.168. The Labute approximate surface area is 127 Å². The van der Waals surface area contributed by atoms with Crippen molar-refractivity contribution in [3.05, 3.63) is 61.2 Å². The molecule has 0 aliphatic carbocycles. The number of hydrogen-bond donors (Lipinski definition) is 1. The van der Waals surface area contributed by atoms with Gasteiger partial charge in [-0.05, 0) is 24.3 Å². The number of furan rings is 2. The van der Waals surface area contributed by atoms with Crippen molar-refractivity contribution in [3.63, 3.8) is 0 Å². The number of rotatable bonds is 6. The molecule has 0 aromatic carbocycles. The van der Waals surface area contributed by atoms with Crippen molar-refractivity contribution in [1.29, 1.82) is 0 Å². The van der Waals surface area contributed by atoms with Crippen molar-refractivity contribution in [2.45, 2.75) is 6.54 Å². The van der Waals surface area contributed by atoms with Gasteiger partial charge >= 0.3 is 0 Å². The van der Waals surface area contributed by atoms with Gasteiger partial charge in [0.2, 0.25) is 5.91 Å². The van der Waals surface area contributed by atoms with Gasteiger partial charge in [-0.1, -0.05) is 0 Å². The number of hydrogen-bond acceptors (Lipinski definition) is 4. The molecule has 0 spiro atoms. The second-order valence-corrected chi connectivity index (χ2v) is 4.64. The van der Waals surface area contributed by atoms with Crippen LogP contribution in [0.4, 0.5) is 0 Å². The summed E-state index contributed by atoms with van der Waals surface area (Å²) in [6.45, 7) is 1.09. The van der Waals surface area contributed by atoms with E-state index >= 15 is 0 Å². The van der Waals surface area contributed by atoms with Gasteiger partial charge in [0.15, 0.2) is 0 Å². The maximum absolute atomic E-state index is 11.6. The van der Waals surface area contributed by atoms with Crippen molar-refractivity contribution in [1.82, 2.24) is 15.1 Å². The average Bonchev–Trinajstić information content (AvgIpc) is 3.26. The van der Waals surface area contributed by atoms with Crippen LogP contribution in [0.2, 0.25) is 0 Å². The molecule has 0 aliphatic rings. The highest BCUT2D eigenvalue weighted by Crippen LogP contribution is 2.18. The molecular weight excluding hydrogens is 282 g/mol. The molecule has 1 amide bonds. The molecule has 0 saturated carbocycles. The highest BCUT2D eigenvalue weighted by molar-refractivity contribution is 5.91. The van der Waals surface area contributed by atoms with Gasteiger partial charge in [-0.15, -0.1) is 0 Å². The first kappa shape index (κ1) is 13.9. The molecule has 0 aliphatic heterocycles. The molecule has 0 radical (unpaired) electrons. The third-order valence-electron chi connectivity index (χ3n) is 3.07. The molecule has 3 aromatic rings. The van der Waals surface area contributed by atoms with Crippen molar-refractivity contribution < 1.29 is 13.6 Å². The fourth-order valence-electron chi connectivity index (χ4n) is 1.96. The number of nitrogens with zero attached hydrogens (tertiary/aromatic N) is 2. The quantitative estimate of drug-likeness (QED) is 0.710. The van der Waals surface area contributed by atoms with Crippen LogP contribution >= 0.6 is 0 Å². The molecule has 0 atom stereocenters. The summed E-state index contributed by atoms with van der Waals surface area (Å²) in [7, 11) is 0. The zero-order valence-electron chi connectivity index (χ0n) is 11.8. The molecule has 0 bridgehead atoms. The summed E-state index contributed by atoms with van der Waals surface area (Å²) >= 11 is 0. The molecule has 6 heteroatoms. The highest BCUT2D eigenvalue weighted by Gasteiger charge is 2.03. The van der Waals surface area contributed by atoms with Crippen LogP contribution in [0.3, 0.4) is 0 Å². The Morgan fingerprint density at radius 3 is 3.05 bits per heavy atom. The molecule has 22 heavy (non-hydrogen) atoms. The molecule has 112 valence electrons. The van der Waals surface area contributed by atoms with Crippen molar-refractivity contribution >= 4 is 12.0 Å². The number of carbonyl (C=O) groups is 1. The molecule has 0 saturated heterocycles. The molecule has 3 heterocycles. The fourth-order valence-corrected chi connectivity index (χ4v) is 1.96. The minimum absolute atomic E-state index is 0.168. The fraction of sp³-hybridized carbons (Fsp3) is 0.125. The monoisotopic (exact) mass is 297 g/mol. The van der Waals surface area contributed by atoms with Gasteiger partial charge in [-0.3, -0.25) is 9.48 Å². The van der Waals surface area contributed by atoms with E-state index < -0.39 is 0 Å². The van der Waals surface area contributed by atoms with Crippen LogP contribution < -0.4 is 5.32 Å². The lowest BCUT2D eigenvalue weighted by molar-refractivity contribution is -0.116. The Bertz CT molecular complexity index is 740. The summed E-state index contributed by atoms with van der Waals surface area (Å²) in [6, 6.07) is 5.43. The lowest BCUT2D eigenvalue weighted by Crippen LogP contribution is -2.25. The van der Waals surface area contributed by atoms with Crippen molar-refractivity contribution in [2.24, 2.45) is 0 Å². The predicted octanol–water partition coefficient (Wildman–Crippen LogP) is 2.57. The predicted molar refractivity (Wildman–Crippen MR) is 80.7 cm³/mol. The van der Waals surface area contributed by atoms with Gasteiger partial charge in [0, 0.05) is 29.9 Å². The number of amides is 1. The normalized spacial score (nSPS) is 11.1. The van der Waals surface area contributed by atoms with E-state index in [1.165, 1.54) is 6.08 Å². The molecule has 3 rings (SSSR count). The zero-order valence-corrected chi connectivity index (χ0v) is 11.8. The van der Waals surface area contributed by atoms with Gasteiger partial charge in [0.25, 0.3) is 0 Å². The third-order valence-corrected chi connectivity index (χ3v) is 3.07. The van der Waals surface area contributed by atoms with Crippen LogP contribution in [-0.4, -0.2) is 22.2 Å². The number of carbonyl (C=O) groups excluding carboxylic acids is 1. The SMILES string of the molecule is O=C(C=Cc1ccco1)NCCn1cc(-c2ccoc2)cn1. The Morgan fingerprint density at radius 1 is 1.32 bits per heavy atom. The maximum Gasteiger partial charge on any atom is 0.244 e. The van der Waals surface area contributed by atoms with E-state index in [1.807, 2.05) is 12.3 Å². The Hall–Kier alpha value is -3.02. The highest BCUT2D eigenvalue weighted by atomic mass is 16.3. The summed E-state index contributed by atoms with van der Waals surface area (Å²) in [5, 5.41) is 7.04. The van der Waals surface area contributed by atoms with Crippen molar-refractivity contribution in [2.75, 3.05) is 6.54 Å². The third kappa shape index (κ3) is 3.54. The van der Waals surface area contributed by atoms with Crippen LogP contribution in [-0.2, 0) is 11.3 Å². The topological polar surface area (TPSA) is 73.2 Å². The van der Waals surface area contributed by atoms with E-state index in [0.29, 0.717) is 18.8 Å². The van der Waals surface area contributed by atoms with Crippen molar-refractivity contribution in [3.8, 4) is 11.1 Å². The van der Waals surface area contributed by atoms with E-state index in [-0.39, 0.29) is 5.91 Å². The van der Waals surface area contributed by atoms with E-state index in [9.17, 15) is 4.79 Å². The molecule has 3 aromatic heterocycles. The Kier molecular flexibility index (Phi) is 4.20. The van der Waals surface area contributed by atoms with Crippen LogP contribution in [0.1, 0.15) is 5.76 Å². The van der Waals surface area contributed by atoms with Gasteiger partial charge in [-0.25, -0.2) is 0 Å². The average molecular weight is 297 g/mol. The second kappa shape index (κ2) is 6.62. The van der Waals surface area contributed by atoms with E-state index in [1.54, 1.807) is 47.9 Å². The van der Waals surface area contributed by atoms with Gasteiger partial charge < -0.3 is 14.2 Å². The van der Waals surface area contributed by atoms with Crippen LogP contribution in [0.5, 0.6) is 0 Å². The Balaban J connectivity index is 1.46. The van der Waals surface area contributed by atoms with Crippen LogP contribution in [0, 0.1) is 0 Å². The summed E-state index contributed by atoms with van der Waals surface area (Å²) in [6.07, 6.45) is 11.6. The van der Waals surface area contributed by atoms with E-state index in [0.717, 1.165) is 11.1 Å². The lowest BCUT2D eigenvalue weighted by atomic mass is 10.2. The summed E-state index contributed by atoms with van der Waals surface area (Å²) in [5.74, 6) is 0.477. The Morgan fingerprint density at radius 2 is 2.27 bits per heavy atom. The zero-order chi connectivity index (χ0) is 15.2. The van der Waals surface area contributed by atoms with E-state index in [2.05, 4.69) is 10.4 Å². The number of nitrogens with one attached hydrogen (secondary N) is 1. The van der Waals surface area contributed by atoms with Gasteiger partial charge in [0.05, 0.1) is 31.5 Å². The molecule has 0 unspecified atom stereocenters. The summed E-state index contributed by atoms with van der Waals surface area (Å²) < 4.78 is 11.9. The largest absolute Gasteiger partial charge is 0.472 e. The smallest absolute Gasteiger partial charge is 0.244 e. The molecule has 0 fully saturated rings. The first-order valence-corrected chi connectivity index (χ1v) is 6.86. The van der Waals surface area contributed by atoms with Crippen LogP contribution in [0.15, 0.2) is 64.3 Å². The standard InChI is InChI=1S/C16H15N3O3/c20-16(4-3-15-2-1-8-22-15)17-6-7-19-11-14(10-18-19)13-5-9-21-12-13/h1-5,8-12H,6-7H2,(H,17,20). The van der Waals surface area contributed by atoms with Gasteiger partial charge in [-0.2, -0.15) is 5.10 Å². The summed E-state index contributed by atoms with van der Waals surface area (Å²) in [4.78, 5) is 11.6. The first-order chi connectivity index (χ1) is 10.8. The lowest BCUT2D eigenvalue weighted by Gasteiger charge is -2.02. The first-order valence-electron chi connectivity index (χ1n) is 6.86. The van der Waals surface area contributed by atoms with E-state index in [4.69, 9.17) is 8.83 Å². The second-order valence-electron chi connectivity index (χ2n) is 4.64. The number of aromatic nitrogens is 2. The maximum atomic E-state index is 11.6. The minimum Gasteiger partial charge on any atom is -0.472 e. The molecule has 1 N–H and O–H groups in total. The van der Waals surface area contributed by atoms with Crippen LogP contribution in [0.25, 0.3) is 17.2 Å². The van der Waals surface area contributed by atoms with Gasteiger partial charge in [0.1, 0.15) is 5.76 Å². The summed E-state index contributed by atoms with van der Waals surface area (Å²) in [5.41, 5.74) is 1.97. The molecular formula is C16H15N3O3. The molecule has 6 nitrogen and oxygen atoms in total.